The van der Waals surface area contributed by atoms with Crippen LogP contribution in [-0.2, 0) is 6.42 Å². The highest BCUT2D eigenvalue weighted by molar-refractivity contribution is 5.95. The Balaban J connectivity index is 1.44. The second kappa shape index (κ2) is 10.6. The van der Waals surface area contributed by atoms with Crippen LogP contribution in [0.3, 0.4) is 0 Å². The first-order chi connectivity index (χ1) is 18.7. The maximum atomic E-state index is 15.0. The van der Waals surface area contributed by atoms with Crippen LogP contribution in [0.25, 0.3) is 22.4 Å². The fourth-order valence-corrected chi connectivity index (χ4v) is 5.14. The normalized spacial score (nSPS) is 14.4. The molecule has 39 heavy (non-hydrogen) atoms. The Hall–Kier alpha value is -3.99. The maximum Gasteiger partial charge on any atom is 0.255 e. The van der Waals surface area contributed by atoms with Crippen LogP contribution in [0, 0.1) is 19.7 Å². The minimum Gasteiger partial charge on any atom is -0.479 e. The lowest BCUT2D eigenvalue weighted by atomic mass is 10.0. The first-order valence-electron chi connectivity index (χ1n) is 13.1. The number of aryl methyl sites for hydroxylation is 2. The van der Waals surface area contributed by atoms with Crippen molar-refractivity contribution < 1.29 is 13.9 Å². The molecule has 0 saturated carbocycles. The van der Waals surface area contributed by atoms with Gasteiger partial charge in [0, 0.05) is 30.9 Å². The number of hydrogen-bond donors (Lipinski definition) is 1. The first kappa shape index (κ1) is 26.6. The van der Waals surface area contributed by atoms with Gasteiger partial charge in [-0.3, -0.25) is 9.78 Å². The Morgan fingerprint density at radius 2 is 1.90 bits per heavy atom. The molecule has 0 unspecified atom stereocenters. The summed E-state index contributed by atoms with van der Waals surface area (Å²) in [5.74, 6) is 0.874. The highest BCUT2D eigenvalue weighted by Crippen LogP contribution is 2.31. The molecule has 1 fully saturated rings. The largest absolute Gasteiger partial charge is 0.479 e. The van der Waals surface area contributed by atoms with E-state index in [0.29, 0.717) is 53.0 Å². The van der Waals surface area contributed by atoms with Gasteiger partial charge in [0.2, 0.25) is 5.88 Å². The lowest BCUT2D eigenvalue weighted by Gasteiger charge is -2.30. The lowest BCUT2D eigenvalue weighted by Crippen LogP contribution is -2.43. The Bertz CT molecular complexity index is 1540. The minimum atomic E-state index is -0.591. The van der Waals surface area contributed by atoms with E-state index in [1.807, 2.05) is 18.7 Å². The second-order valence-electron chi connectivity index (χ2n) is 10.2. The second-order valence-corrected chi connectivity index (χ2v) is 10.2. The zero-order chi connectivity index (χ0) is 27.8. The van der Waals surface area contributed by atoms with Crippen molar-refractivity contribution in [1.29, 1.82) is 0 Å². The van der Waals surface area contributed by atoms with Crippen LogP contribution in [0.5, 0.6) is 5.88 Å². The molecule has 5 heterocycles. The number of carbonyl (C=O) groups excluding carboxylic acids is 1. The number of likely N-dealkylation sites (tertiary alicyclic amines) is 1. The van der Waals surface area contributed by atoms with Gasteiger partial charge in [0.15, 0.2) is 11.3 Å². The summed E-state index contributed by atoms with van der Waals surface area (Å²) in [5, 5.41) is 0. The molecule has 1 aliphatic heterocycles. The molecule has 10 nitrogen and oxygen atoms in total. The van der Waals surface area contributed by atoms with Crippen molar-refractivity contribution >= 4 is 16.9 Å². The molecule has 0 radical (unpaired) electrons. The number of halogens is 1. The molecule has 1 saturated heterocycles. The van der Waals surface area contributed by atoms with Gasteiger partial charge in [0.05, 0.1) is 42.2 Å². The summed E-state index contributed by atoms with van der Waals surface area (Å²) in [6.07, 6.45) is 3.01. The maximum absolute atomic E-state index is 15.0. The summed E-state index contributed by atoms with van der Waals surface area (Å²) >= 11 is 0. The fraction of sp³-hybridized carbons (Fsp3) is 0.429. The van der Waals surface area contributed by atoms with Crippen LogP contribution in [-0.4, -0.2) is 66.5 Å². The summed E-state index contributed by atoms with van der Waals surface area (Å²) in [6.45, 7) is 9.14. The number of piperidine rings is 1. The minimum absolute atomic E-state index is 0.0370. The first-order valence-corrected chi connectivity index (χ1v) is 13.1. The van der Waals surface area contributed by atoms with E-state index >= 15 is 4.39 Å². The number of nitrogens with two attached hydrogens (primary N) is 1. The monoisotopic (exact) mass is 532 g/mol. The molecule has 0 aromatic carbocycles. The van der Waals surface area contributed by atoms with Crippen molar-refractivity contribution in [2.45, 2.75) is 59.0 Å². The summed E-state index contributed by atoms with van der Waals surface area (Å²) in [6, 6.07) is 5.64. The average molecular weight is 533 g/mol. The molecule has 0 aliphatic carbocycles. The molecule has 5 rings (SSSR count). The van der Waals surface area contributed by atoms with Crippen molar-refractivity contribution in [3.05, 3.63) is 58.8 Å². The lowest BCUT2D eigenvalue weighted by molar-refractivity contribution is 0.0713. The van der Waals surface area contributed by atoms with Crippen molar-refractivity contribution in [2.24, 2.45) is 5.73 Å². The third-order valence-corrected chi connectivity index (χ3v) is 7.11. The van der Waals surface area contributed by atoms with Gasteiger partial charge in [-0.05, 0) is 58.7 Å². The predicted octanol–water partition coefficient (Wildman–Crippen LogP) is 3.78. The summed E-state index contributed by atoms with van der Waals surface area (Å²) in [4.78, 5) is 37.3. The molecule has 1 aliphatic rings. The van der Waals surface area contributed by atoms with Crippen molar-refractivity contribution in [1.82, 2.24) is 34.4 Å². The zero-order valence-electron chi connectivity index (χ0n) is 22.9. The number of carbonyl (C=O) groups is 1. The molecule has 2 N–H and O–H groups in total. The van der Waals surface area contributed by atoms with Crippen LogP contribution < -0.4 is 10.5 Å². The number of rotatable bonds is 6. The molecule has 1 amide bonds. The SMILES string of the molecule is COc1nc(-c2nc(Cc3ccc(C(=O)N4CCC(N)CC4)c(C)n3)ncc2F)cc2c1nc(C)n2C(C)C. The molecule has 4 aromatic heterocycles. The molecular weight excluding hydrogens is 499 g/mol. The topological polar surface area (TPSA) is 125 Å². The van der Waals surface area contributed by atoms with E-state index in [-0.39, 0.29) is 30.1 Å². The summed E-state index contributed by atoms with van der Waals surface area (Å²) in [5.41, 5.74) is 9.65. The van der Waals surface area contributed by atoms with Crippen LogP contribution in [0.1, 0.15) is 66.1 Å². The zero-order valence-corrected chi connectivity index (χ0v) is 22.9. The number of nitrogens with zero attached hydrogens (tertiary/aromatic N) is 7. The molecule has 0 bridgehead atoms. The Kier molecular flexibility index (Phi) is 7.26. The smallest absolute Gasteiger partial charge is 0.255 e. The van der Waals surface area contributed by atoms with Crippen LogP contribution in [0.2, 0.25) is 0 Å². The Morgan fingerprint density at radius 3 is 2.56 bits per heavy atom. The molecule has 0 spiro atoms. The molecular formula is C28H33FN8O2. The summed E-state index contributed by atoms with van der Waals surface area (Å²) in [7, 11) is 1.51. The van der Waals surface area contributed by atoms with Gasteiger partial charge in [0.1, 0.15) is 17.3 Å². The number of amides is 1. The number of pyridine rings is 2. The van der Waals surface area contributed by atoms with Gasteiger partial charge >= 0.3 is 0 Å². The van der Waals surface area contributed by atoms with Crippen molar-refractivity contribution in [3.63, 3.8) is 0 Å². The third kappa shape index (κ3) is 5.18. The van der Waals surface area contributed by atoms with Crippen LogP contribution in [0.15, 0.2) is 24.4 Å². The summed E-state index contributed by atoms with van der Waals surface area (Å²) < 4.78 is 22.6. The Labute approximate surface area is 226 Å². The number of fused-ring (bicyclic) bond motifs is 1. The highest BCUT2D eigenvalue weighted by Gasteiger charge is 2.24. The molecule has 11 heteroatoms. The quantitative estimate of drug-likeness (QED) is 0.398. The van der Waals surface area contributed by atoms with Gasteiger partial charge in [-0.15, -0.1) is 0 Å². The van der Waals surface area contributed by atoms with Crippen molar-refractivity contribution in [2.75, 3.05) is 20.2 Å². The van der Waals surface area contributed by atoms with E-state index in [4.69, 9.17) is 10.5 Å². The number of hydrogen-bond acceptors (Lipinski definition) is 8. The van der Waals surface area contributed by atoms with Crippen LogP contribution in [0.4, 0.5) is 4.39 Å². The van der Waals surface area contributed by atoms with Crippen molar-refractivity contribution in [3.8, 4) is 17.3 Å². The third-order valence-electron chi connectivity index (χ3n) is 7.11. The predicted molar refractivity (Wildman–Crippen MR) is 145 cm³/mol. The highest BCUT2D eigenvalue weighted by atomic mass is 19.1. The number of methoxy groups -OCH3 is 1. The van der Waals surface area contributed by atoms with Gasteiger partial charge in [-0.2, -0.15) is 0 Å². The average Bonchev–Trinajstić information content (AvgIpc) is 3.25. The standard InChI is InChI=1S/C28H33FN8O2/c1-15(2)37-17(4)33-26-23(37)13-22(34-27(26)39-5)25-21(29)14-31-24(35-25)12-19-6-7-20(16(3)32-19)28(38)36-10-8-18(30)9-11-36/h6-7,13-15,18H,8-12,30H2,1-5H3. The fourth-order valence-electron chi connectivity index (χ4n) is 5.14. The van der Waals surface area contributed by atoms with Gasteiger partial charge < -0.3 is 19.9 Å². The number of ether oxygens (including phenoxy) is 1. The van der Waals surface area contributed by atoms with Crippen LogP contribution >= 0.6 is 0 Å². The van der Waals surface area contributed by atoms with E-state index in [9.17, 15) is 4.79 Å². The molecule has 204 valence electrons. The van der Waals surface area contributed by atoms with E-state index in [1.165, 1.54) is 7.11 Å². The van der Waals surface area contributed by atoms with E-state index in [1.54, 1.807) is 18.2 Å². The number of imidazole rings is 1. The van der Waals surface area contributed by atoms with E-state index < -0.39 is 5.82 Å². The van der Waals surface area contributed by atoms with Gasteiger partial charge in [0.25, 0.3) is 5.91 Å². The Morgan fingerprint density at radius 1 is 1.15 bits per heavy atom. The van der Waals surface area contributed by atoms with Gasteiger partial charge in [-0.1, -0.05) is 0 Å². The molecule has 4 aromatic rings. The molecule has 0 atom stereocenters. The van der Waals surface area contributed by atoms with Gasteiger partial charge in [-0.25, -0.2) is 24.3 Å². The van der Waals surface area contributed by atoms with E-state index in [0.717, 1.165) is 30.4 Å². The number of aromatic nitrogens is 6. The van der Waals surface area contributed by atoms with E-state index in [2.05, 4.69) is 43.3 Å².